The van der Waals surface area contributed by atoms with Gasteiger partial charge in [-0.25, -0.2) is 9.79 Å². The van der Waals surface area contributed by atoms with E-state index in [-0.39, 0.29) is 12.5 Å². The van der Waals surface area contributed by atoms with Crippen molar-refractivity contribution in [1.29, 1.82) is 0 Å². The molecule has 1 aliphatic heterocycles. The molecule has 0 saturated heterocycles. The first-order valence-electron chi connectivity index (χ1n) is 2.35. The molecule has 1 rings (SSSR count). The molecular weight excluding hydrogens is 122 g/mol. The van der Waals surface area contributed by atoms with Crippen LogP contribution in [0.5, 0.6) is 0 Å². The van der Waals surface area contributed by atoms with Gasteiger partial charge >= 0.3 is 5.97 Å². The zero-order valence-corrected chi connectivity index (χ0v) is 4.87. The number of hydrogen-bond donors (Lipinski definition) is 0. The van der Waals surface area contributed by atoms with E-state index >= 15 is 0 Å². The molecular formula is C4H5N3O2. The van der Waals surface area contributed by atoms with E-state index in [1.807, 2.05) is 0 Å². The molecule has 0 aliphatic carbocycles. The van der Waals surface area contributed by atoms with Gasteiger partial charge in [0.1, 0.15) is 0 Å². The van der Waals surface area contributed by atoms with Crippen molar-refractivity contribution in [1.82, 2.24) is 0 Å². The maximum absolute atomic E-state index is 10.5. The van der Waals surface area contributed by atoms with E-state index in [1.165, 1.54) is 7.11 Å². The van der Waals surface area contributed by atoms with Crippen molar-refractivity contribution in [2.75, 3.05) is 13.8 Å². The number of rotatable bonds is 1. The zero-order valence-electron chi connectivity index (χ0n) is 4.87. The van der Waals surface area contributed by atoms with E-state index in [0.717, 1.165) is 0 Å². The molecule has 0 aromatic heterocycles. The molecule has 0 bridgehead atoms. The van der Waals surface area contributed by atoms with Crippen LogP contribution in [-0.2, 0) is 9.53 Å². The average Bonchev–Trinajstić information content (AvgIpc) is 2.37. The maximum atomic E-state index is 10.5. The van der Waals surface area contributed by atoms with Gasteiger partial charge in [-0.3, -0.25) is 0 Å². The van der Waals surface area contributed by atoms with Crippen molar-refractivity contribution in [2.45, 2.75) is 0 Å². The van der Waals surface area contributed by atoms with Crippen LogP contribution in [-0.4, -0.2) is 25.6 Å². The van der Waals surface area contributed by atoms with Crippen molar-refractivity contribution in [3.63, 3.8) is 0 Å². The summed E-state index contributed by atoms with van der Waals surface area (Å²) in [6, 6.07) is 0. The Bertz CT molecular complexity index is 184. The van der Waals surface area contributed by atoms with Gasteiger partial charge in [-0.1, -0.05) is 0 Å². The second-order valence-corrected chi connectivity index (χ2v) is 1.36. The minimum Gasteiger partial charge on any atom is -0.463 e. The number of azo groups is 1. The van der Waals surface area contributed by atoms with Gasteiger partial charge in [-0.2, -0.15) is 5.11 Å². The third-order valence-electron chi connectivity index (χ3n) is 0.817. The fourth-order valence-corrected chi connectivity index (χ4v) is 0.425. The molecule has 9 heavy (non-hydrogen) atoms. The first kappa shape index (κ1) is 5.87. The lowest BCUT2D eigenvalue weighted by Gasteiger charge is -1.89. The van der Waals surface area contributed by atoms with E-state index in [9.17, 15) is 4.79 Å². The number of ether oxygens (including phenoxy) is 1. The Kier molecular flexibility index (Phi) is 1.53. The van der Waals surface area contributed by atoms with Crippen LogP contribution in [0.15, 0.2) is 15.2 Å². The van der Waals surface area contributed by atoms with Crippen LogP contribution in [0.3, 0.4) is 0 Å². The largest absolute Gasteiger partial charge is 0.463 e. The third-order valence-corrected chi connectivity index (χ3v) is 0.817. The lowest BCUT2D eigenvalue weighted by molar-refractivity contribution is -0.132. The first-order chi connectivity index (χ1) is 4.34. The van der Waals surface area contributed by atoms with E-state index < -0.39 is 5.97 Å². The molecule has 1 aliphatic rings. The van der Waals surface area contributed by atoms with Gasteiger partial charge in [0.25, 0.3) is 5.84 Å². The van der Waals surface area contributed by atoms with Gasteiger partial charge in [0.05, 0.1) is 7.11 Å². The molecule has 0 fully saturated rings. The second kappa shape index (κ2) is 2.34. The predicted molar refractivity (Wildman–Crippen MR) is 29.2 cm³/mol. The molecule has 0 saturated carbocycles. The molecule has 5 heteroatoms. The topological polar surface area (TPSA) is 63.4 Å². The number of carbonyl (C=O) groups is 1. The summed E-state index contributed by atoms with van der Waals surface area (Å²) in [5.74, 6) is -0.478. The van der Waals surface area contributed by atoms with Crippen molar-refractivity contribution in [3.8, 4) is 0 Å². The summed E-state index contributed by atoms with van der Waals surface area (Å²) >= 11 is 0. The number of nitrogens with zero attached hydrogens (tertiary/aromatic N) is 3. The Morgan fingerprint density at radius 3 is 3.00 bits per heavy atom. The van der Waals surface area contributed by atoms with Gasteiger partial charge in [-0.05, 0) is 0 Å². The number of aliphatic imine (C=N–C) groups is 1. The molecule has 0 radical (unpaired) electrons. The molecule has 1 heterocycles. The Hall–Kier alpha value is -1.26. The molecule has 0 aromatic carbocycles. The van der Waals surface area contributed by atoms with Gasteiger partial charge < -0.3 is 4.74 Å². The SMILES string of the molecule is COC(=O)C1=NCN=N1. The molecule has 48 valence electrons. The highest BCUT2D eigenvalue weighted by atomic mass is 16.5. The summed E-state index contributed by atoms with van der Waals surface area (Å²) in [6.07, 6.45) is 0. The highest BCUT2D eigenvalue weighted by molar-refractivity contribution is 6.35. The van der Waals surface area contributed by atoms with Crippen molar-refractivity contribution in [3.05, 3.63) is 0 Å². The second-order valence-electron chi connectivity index (χ2n) is 1.36. The normalized spacial score (nSPS) is 15.4. The molecule has 0 atom stereocenters. The first-order valence-corrected chi connectivity index (χ1v) is 2.35. The number of amidine groups is 1. The van der Waals surface area contributed by atoms with E-state index in [0.29, 0.717) is 0 Å². The highest BCUT2D eigenvalue weighted by Crippen LogP contribution is 1.95. The number of hydrogen-bond acceptors (Lipinski definition) is 5. The van der Waals surface area contributed by atoms with Crippen LogP contribution >= 0.6 is 0 Å². The van der Waals surface area contributed by atoms with Crippen LogP contribution in [0.2, 0.25) is 0 Å². The zero-order chi connectivity index (χ0) is 6.69. The molecule has 0 amide bonds. The van der Waals surface area contributed by atoms with Crippen molar-refractivity contribution < 1.29 is 9.53 Å². The lowest BCUT2D eigenvalue weighted by atomic mass is 10.6. The minimum absolute atomic E-state index is 0.0532. The lowest BCUT2D eigenvalue weighted by Crippen LogP contribution is -2.10. The Balaban J connectivity index is 2.62. The van der Waals surface area contributed by atoms with E-state index in [2.05, 4.69) is 20.0 Å². The van der Waals surface area contributed by atoms with Gasteiger partial charge in [-0.15, -0.1) is 5.11 Å². The Morgan fingerprint density at radius 1 is 1.78 bits per heavy atom. The van der Waals surface area contributed by atoms with Crippen LogP contribution < -0.4 is 0 Å². The Labute approximate surface area is 51.4 Å². The molecule has 0 aromatic rings. The monoisotopic (exact) mass is 127 g/mol. The minimum atomic E-state index is -0.531. The molecule has 5 nitrogen and oxygen atoms in total. The van der Waals surface area contributed by atoms with Gasteiger partial charge in [0.2, 0.25) is 0 Å². The van der Waals surface area contributed by atoms with Crippen LogP contribution in [0.1, 0.15) is 0 Å². The van der Waals surface area contributed by atoms with Gasteiger partial charge in [0.15, 0.2) is 6.67 Å². The summed E-state index contributed by atoms with van der Waals surface area (Å²) in [6.45, 7) is 0.241. The fraction of sp³-hybridized carbons (Fsp3) is 0.500. The summed E-state index contributed by atoms with van der Waals surface area (Å²) < 4.78 is 4.31. The number of carbonyl (C=O) groups excluding carboxylic acids is 1. The summed E-state index contributed by atoms with van der Waals surface area (Å²) in [5.41, 5.74) is 0. The van der Waals surface area contributed by atoms with E-state index in [1.54, 1.807) is 0 Å². The smallest absolute Gasteiger partial charge is 0.377 e. The summed E-state index contributed by atoms with van der Waals surface area (Å²) in [4.78, 5) is 14.1. The summed E-state index contributed by atoms with van der Waals surface area (Å²) in [5, 5.41) is 6.86. The summed E-state index contributed by atoms with van der Waals surface area (Å²) in [7, 11) is 1.28. The molecule has 0 unspecified atom stereocenters. The van der Waals surface area contributed by atoms with Crippen LogP contribution in [0.4, 0.5) is 0 Å². The van der Waals surface area contributed by atoms with Crippen LogP contribution in [0, 0.1) is 0 Å². The number of methoxy groups -OCH3 is 1. The maximum Gasteiger partial charge on any atom is 0.377 e. The van der Waals surface area contributed by atoms with E-state index in [4.69, 9.17) is 0 Å². The molecule has 0 N–H and O–H groups in total. The Morgan fingerprint density at radius 2 is 2.56 bits per heavy atom. The quantitative estimate of drug-likeness (QED) is 0.464. The number of esters is 1. The predicted octanol–water partition coefficient (Wildman–Crippen LogP) is -0.0188. The third kappa shape index (κ3) is 1.10. The average molecular weight is 127 g/mol. The van der Waals surface area contributed by atoms with Crippen LogP contribution in [0.25, 0.3) is 0 Å². The highest BCUT2D eigenvalue weighted by Gasteiger charge is 2.12. The molecule has 0 spiro atoms. The standard InChI is InChI=1S/C4H5N3O2/c1-9-4(8)3-5-2-6-7-3/h2H2,1H3. The van der Waals surface area contributed by atoms with Gasteiger partial charge in [0, 0.05) is 0 Å². The van der Waals surface area contributed by atoms with Crippen molar-refractivity contribution >= 4 is 11.8 Å². The van der Waals surface area contributed by atoms with Crippen molar-refractivity contribution in [2.24, 2.45) is 15.2 Å². The fourth-order valence-electron chi connectivity index (χ4n) is 0.425.